The van der Waals surface area contributed by atoms with Crippen LogP contribution in [0.2, 0.25) is 0 Å². The summed E-state index contributed by atoms with van der Waals surface area (Å²) in [7, 11) is 0. The first kappa shape index (κ1) is 50.6. The first-order chi connectivity index (χ1) is 24.8. The molecule has 0 radical (unpaired) electrons. The maximum absolute atomic E-state index is 13.0. The summed E-state index contributed by atoms with van der Waals surface area (Å²) < 4.78 is 19.2. The Balaban J connectivity index is 2.47. The van der Waals surface area contributed by atoms with Crippen molar-refractivity contribution in [3.05, 3.63) is 11.6 Å². The molecule has 0 aromatic rings. The predicted molar refractivity (Wildman–Crippen MR) is 228 cm³/mol. The molecular formula is C48H90O6. The summed E-state index contributed by atoms with van der Waals surface area (Å²) in [5.74, 6) is 0.320. The topological polar surface area (TPSA) is 82.1 Å². The van der Waals surface area contributed by atoms with Crippen molar-refractivity contribution in [1.29, 1.82) is 0 Å². The van der Waals surface area contributed by atoms with E-state index in [4.69, 9.17) is 14.2 Å². The second kappa shape index (κ2) is 21.9. The number of hydrogen-bond donors (Lipinski definition) is 1. The van der Waals surface area contributed by atoms with Crippen molar-refractivity contribution < 1.29 is 28.9 Å². The van der Waals surface area contributed by atoms with Crippen LogP contribution in [0.15, 0.2) is 11.6 Å². The number of ether oxygens (including phenoxy) is 3. The number of aliphatic carboxylic acids is 1. The molecule has 1 rings (SSSR count). The molecule has 54 heavy (non-hydrogen) atoms. The predicted octanol–water partition coefficient (Wildman–Crippen LogP) is 13.6. The molecule has 1 aliphatic carbocycles. The number of hydrogen-bond acceptors (Lipinski definition) is 5. The average Bonchev–Trinajstić information content (AvgIpc) is 3.32. The maximum Gasteiger partial charge on any atom is 0.309 e. The quantitative estimate of drug-likeness (QED) is 0.0631. The third-order valence-corrected chi connectivity index (χ3v) is 15.3. The van der Waals surface area contributed by atoms with Crippen molar-refractivity contribution in [2.75, 3.05) is 19.8 Å². The van der Waals surface area contributed by atoms with Gasteiger partial charge in [-0.3, -0.25) is 9.59 Å². The Bertz CT molecular complexity index is 1150. The van der Waals surface area contributed by atoms with Gasteiger partial charge in [-0.1, -0.05) is 113 Å². The van der Waals surface area contributed by atoms with Gasteiger partial charge in [-0.05, 0) is 139 Å². The van der Waals surface area contributed by atoms with Gasteiger partial charge in [0.05, 0.1) is 29.1 Å². The molecule has 0 saturated heterocycles. The minimum absolute atomic E-state index is 0.0417. The van der Waals surface area contributed by atoms with Gasteiger partial charge in [0.1, 0.15) is 0 Å². The summed E-state index contributed by atoms with van der Waals surface area (Å²) in [6.07, 6.45) is 17.8. The summed E-state index contributed by atoms with van der Waals surface area (Å²) in [6.45, 7) is 37.7. The smallest absolute Gasteiger partial charge is 0.309 e. The van der Waals surface area contributed by atoms with E-state index in [1.54, 1.807) is 6.92 Å². The van der Waals surface area contributed by atoms with Crippen LogP contribution < -0.4 is 0 Å². The van der Waals surface area contributed by atoms with Gasteiger partial charge in [-0.15, -0.1) is 0 Å². The van der Waals surface area contributed by atoms with E-state index in [-0.39, 0.29) is 33.9 Å². The molecule has 1 fully saturated rings. The van der Waals surface area contributed by atoms with Crippen LogP contribution in [0.4, 0.5) is 0 Å². The fourth-order valence-electron chi connectivity index (χ4n) is 8.68. The van der Waals surface area contributed by atoms with Gasteiger partial charge in [-0.2, -0.15) is 0 Å². The molecule has 1 saturated carbocycles. The van der Waals surface area contributed by atoms with Gasteiger partial charge in [0.25, 0.3) is 0 Å². The number of allylic oxidation sites excluding steroid dienone is 2. The Morgan fingerprint density at radius 1 is 0.722 bits per heavy atom. The Hall–Kier alpha value is -1.40. The molecule has 0 aromatic heterocycles. The molecule has 1 aliphatic rings. The molecule has 318 valence electrons. The van der Waals surface area contributed by atoms with Crippen molar-refractivity contribution in [1.82, 2.24) is 0 Å². The number of carboxylic acids is 1. The molecule has 0 amide bonds. The van der Waals surface area contributed by atoms with E-state index < -0.39 is 16.8 Å². The molecule has 0 aromatic carbocycles. The lowest BCUT2D eigenvalue weighted by molar-refractivity contribution is -0.160. The van der Waals surface area contributed by atoms with Gasteiger partial charge in [0, 0.05) is 13.2 Å². The van der Waals surface area contributed by atoms with Crippen molar-refractivity contribution in [3.63, 3.8) is 0 Å². The van der Waals surface area contributed by atoms with Gasteiger partial charge >= 0.3 is 11.9 Å². The Labute approximate surface area is 335 Å². The van der Waals surface area contributed by atoms with E-state index in [0.717, 1.165) is 64.6 Å². The molecule has 7 unspecified atom stereocenters. The summed E-state index contributed by atoms with van der Waals surface area (Å²) >= 11 is 0. The molecule has 0 aliphatic heterocycles. The van der Waals surface area contributed by atoms with Gasteiger partial charge in [0.2, 0.25) is 0 Å². The fraction of sp³-hybridized carbons (Fsp3) is 0.917. The number of carbonyl (C=O) groups excluding carboxylic acids is 1. The number of esters is 1. The maximum atomic E-state index is 13.0. The summed E-state index contributed by atoms with van der Waals surface area (Å²) in [5, 5.41) is 9.79. The van der Waals surface area contributed by atoms with Crippen molar-refractivity contribution in [2.45, 2.75) is 218 Å². The van der Waals surface area contributed by atoms with Crippen molar-refractivity contribution in [2.24, 2.45) is 45.3 Å². The minimum atomic E-state index is -0.903. The van der Waals surface area contributed by atoms with Crippen molar-refractivity contribution in [3.8, 4) is 0 Å². The second-order valence-corrected chi connectivity index (χ2v) is 20.6. The highest BCUT2D eigenvalue weighted by atomic mass is 16.5. The SMILES string of the molecule is CCC(C)(OCCC(C)CCC=C(C)C)C(C)(C)CCCC(C)CCOC(C)(CC)C(C)(C)CCCC(C)CCOC(=O)C1CCC(C)(C(=O)O)C1(C)C. The van der Waals surface area contributed by atoms with Crippen LogP contribution in [-0.4, -0.2) is 48.1 Å². The van der Waals surface area contributed by atoms with E-state index in [1.165, 1.54) is 37.7 Å². The first-order valence-electron chi connectivity index (χ1n) is 22.2. The highest BCUT2D eigenvalue weighted by molar-refractivity contribution is 5.80. The molecule has 7 atom stereocenters. The van der Waals surface area contributed by atoms with Crippen LogP contribution >= 0.6 is 0 Å². The lowest BCUT2D eigenvalue weighted by Gasteiger charge is -2.44. The molecule has 0 bridgehead atoms. The lowest BCUT2D eigenvalue weighted by atomic mass is 9.66. The zero-order valence-corrected chi connectivity index (χ0v) is 38.6. The third kappa shape index (κ3) is 14.2. The van der Waals surface area contributed by atoms with Crippen LogP contribution in [0.3, 0.4) is 0 Å². The molecule has 6 heteroatoms. The van der Waals surface area contributed by atoms with E-state index >= 15 is 0 Å². The monoisotopic (exact) mass is 763 g/mol. The molecule has 6 nitrogen and oxygen atoms in total. The number of rotatable bonds is 28. The first-order valence-corrected chi connectivity index (χ1v) is 22.2. The second-order valence-electron chi connectivity index (χ2n) is 20.6. The van der Waals surface area contributed by atoms with E-state index in [2.05, 4.69) is 96.1 Å². The van der Waals surface area contributed by atoms with Gasteiger partial charge in [0.15, 0.2) is 0 Å². The molecular weight excluding hydrogens is 673 g/mol. The summed E-state index contributed by atoms with van der Waals surface area (Å²) in [5.41, 5.74) is -0.261. The zero-order chi connectivity index (χ0) is 41.6. The van der Waals surface area contributed by atoms with Gasteiger partial charge < -0.3 is 19.3 Å². The highest BCUT2D eigenvalue weighted by Gasteiger charge is 2.59. The summed E-state index contributed by atoms with van der Waals surface area (Å²) in [4.78, 5) is 24.9. The standard InChI is InChI=1S/C48H90O6/c1-17-47(15,53-34-28-37(5)23-19-22-36(3)4)44(10,11)31-21-25-39(7)29-35-54-48(16,18-2)43(8,9)30-20-24-38(6)27-33-52-41(49)40-26-32-46(14,42(50)51)45(40,12)13/h22,37-40H,17-21,23-35H2,1-16H3,(H,50,51). The van der Waals surface area contributed by atoms with Crippen LogP contribution in [0.1, 0.15) is 207 Å². The third-order valence-electron chi connectivity index (χ3n) is 15.3. The Morgan fingerprint density at radius 3 is 1.54 bits per heavy atom. The number of carboxylic acid groups (broad SMARTS) is 1. The number of carbonyl (C=O) groups is 2. The van der Waals surface area contributed by atoms with Crippen molar-refractivity contribution >= 4 is 11.9 Å². The minimum Gasteiger partial charge on any atom is -0.481 e. The normalized spacial score (nSPS) is 22.9. The van der Waals surface area contributed by atoms with Crippen LogP contribution in [0, 0.1) is 45.3 Å². The van der Waals surface area contributed by atoms with Crippen LogP contribution in [0.25, 0.3) is 0 Å². The van der Waals surface area contributed by atoms with Crippen LogP contribution in [-0.2, 0) is 23.8 Å². The average molecular weight is 763 g/mol. The largest absolute Gasteiger partial charge is 0.481 e. The molecule has 0 heterocycles. The molecule has 0 spiro atoms. The highest BCUT2D eigenvalue weighted by Crippen LogP contribution is 2.56. The van der Waals surface area contributed by atoms with Crippen LogP contribution in [0.5, 0.6) is 0 Å². The zero-order valence-electron chi connectivity index (χ0n) is 38.6. The fourth-order valence-corrected chi connectivity index (χ4v) is 8.68. The summed E-state index contributed by atoms with van der Waals surface area (Å²) in [6, 6.07) is 0. The van der Waals surface area contributed by atoms with E-state index in [9.17, 15) is 14.7 Å². The Kier molecular flexibility index (Phi) is 20.6. The van der Waals surface area contributed by atoms with E-state index in [1.807, 2.05) is 13.8 Å². The van der Waals surface area contributed by atoms with E-state index in [0.29, 0.717) is 37.2 Å². The lowest BCUT2D eigenvalue weighted by Crippen LogP contribution is -2.44. The van der Waals surface area contributed by atoms with Gasteiger partial charge in [-0.25, -0.2) is 0 Å². The molecule has 1 N–H and O–H groups in total. The Morgan fingerprint density at radius 2 is 1.15 bits per heavy atom.